The molecule has 3 heteroatoms. The molecule has 0 N–H and O–H groups in total. The van der Waals surface area contributed by atoms with Crippen molar-refractivity contribution in [3.05, 3.63) is 28.8 Å². The molecule has 0 atom stereocenters. The molecule has 0 radical (unpaired) electrons. The fourth-order valence-electron chi connectivity index (χ4n) is 1.84. The molecule has 0 bridgehead atoms. The summed E-state index contributed by atoms with van der Waals surface area (Å²) >= 11 is 6.06. The molecular weight excluding hydrogens is 210 g/mol. The van der Waals surface area contributed by atoms with Crippen LogP contribution in [0, 0.1) is 6.92 Å². The molecule has 0 saturated carbocycles. The first-order chi connectivity index (χ1) is 7.16. The van der Waals surface area contributed by atoms with E-state index in [9.17, 15) is 4.79 Å². The molecule has 0 aromatic heterocycles. The third-order valence-corrected chi connectivity index (χ3v) is 3.18. The Morgan fingerprint density at radius 2 is 2.20 bits per heavy atom. The second kappa shape index (κ2) is 4.23. The zero-order valence-electron chi connectivity index (χ0n) is 8.79. The number of hydrogen-bond acceptors (Lipinski definition) is 2. The minimum absolute atomic E-state index is 0.318. The lowest BCUT2D eigenvalue weighted by Gasteiger charge is -2.28. The quantitative estimate of drug-likeness (QED) is 0.730. The molecule has 1 heterocycles. The Labute approximate surface area is 94.8 Å². The minimum atomic E-state index is 0.318. The van der Waals surface area contributed by atoms with E-state index >= 15 is 0 Å². The van der Waals surface area contributed by atoms with Crippen LogP contribution >= 0.6 is 11.6 Å². The Kier molecular flexibility index (Phi) is 2.96. The molecule has 15 heavy (non-hydrogen) atoms. The van der Waals surface area contributed by atoms with Gasteiger partial charge in [-0.25, -0.2) is 0 Å². The number of piperidine rings is 1. The molecule has 1 aromatic rings. The Hall–Kier alpha value is -1.02. The van der Waals surface area contributed by atoms with E-state index in [2.05, 4.69) is 4.90 Å². The summed E-state index contributed by atoms with van der Waals surface area (Å²) in [5.41, 5.74) is 2.13. The Morgan fingerprint density at radius 3 is 2.87 bits per heavy atom. The average Bonchev–Trinajstić information content (AvgIpc) is 2.22. The minimum Gasteiger partial charge on any atom is -0.364 e. The Bertz CT molecular complexity index is 389. The van der Waals surface area contributed by atoms with E-state index in [1.807, 2.05) is 25.1 Å². The third-order valence-electron chi connectivity index (χ3n) is 2.77. The number of carbonyl (C=O) groups is 1. The van der Waals surface area contributed by atoms with E-state index in [0.717, 1.165) is 35.7 Å². The van der Waals surface area contributed by atoms with Crippen LogP contribution in [0.2, 0.25) is 5.02 Å². The normalized spacial score (nSPS) is 16.9. The van der Waals surface area contributed by atoms with Crippen molar-refractivity contribution in [2.24, 2.45) is 0 Å². The van der Waals surface area contributed by atoms with Crippen LogP contribution in [0.1, 0.15) is 18.4 Å². The molecule has 0 unspecified atom stereocenters. The number of anilines is 1. The first kappa shape index (κ1) is 10.5. The summed E-state index contributed by atoms with van der Waals surface area (Å²) in [7, 11) is 0. The van der Waals surface area contributed by atoms with Gasteiger partial charge in [-0.05, 0) is 31.0 Å². The van der Waals surface area contributed by atoms with Gasteiger partial charge in [0.05, 0.1) is 6.54 Å². The summed E-state index contributed by atoms with van der Waals surface area (Å²) in [6.07, 6.45) is 1.67. The molecule has 1 aliphatic heterocycles. The molecule has 2 nitrogen and oxygen atoms in total. The molecule has 0 spiro atoms. The first-order valence-electron chi connectivity index (χ1n) is 5.19. The smallest absolute Gasteiger partial charge is 0.152 e. The monoisotopic (exact) mass is 223 g/mol. The Morgan fingerprint density at radius 1 is 1.40 bits per heavy atom. The summed E-state index contributed by atoms with van der Waals surface area (Å²) < 4.78 is 0. The van der Waals surface area contributed by atoms with Crippen molar-refractivity contribution in [2.45, 2.75) is 19.8 Å². The third kappa shape index (κ3) is 2.32. The number of carbonyl (C=O) groups excluding carboxylic acids is 1. The van der Waals surface area contributed by atoms with Crippen LogP contribution in [0.25, 0.3) is 0 Å². The van der Waals surface area contributed by atoms with Gasteiger partial charge in [0.2, 0.25) is 0 Å². The molecule has 1 aromatic carbocycles. The van der Waals surface area contributed by atoms with Gasteiger partial charge in [0, 0.05) is 23.7 Å². The fourth-order valence-corrected chi connectivity index (χ4v) is 2.01. The van der Waals surface area contributed by atoms with E-state index in [1.54, 1.807) is 0 Å². The number of halogens is 1. The highest BCUT2D eigenvalue weighted by atomic mass is 35.5. The van der Waals surface area contributed by atoms with Gasteiger partial charge in [0.25, 0.3) is 0 Å². The lowest BCUT2D eigenvalue weighted by atomic mass is 10.1. The van der Waals surface area contributed by atoms with E-state index in [1.165, 1.54) is 0 Å². The highest BCUT2D eigenvalue weighted by Crippen LogP contribution is 2.24. The lowest BCUT2D eigenvalue weighted by molar-refractivity contribution is -0.118. The number of ketones is 1. The summed E-state index contributed by atoms with van der Waals surface area (Å²) in [6.45, 7) is 3.46. The molecule has 1 fully saturated rings. The van der Waals surface area contributed by atoms with Crippen LogP contribution in [-0.4, -0.2) is 18.9 Å². The van der Waals surface area contributed by atoms with Crippen molar-refractivity contribution in [1.82, 2.24) is 0 Å². The standard InChI is InChI=1S/C12H14ClNO/c1-9-4-5-10(7-12(9)13)14-6-2-3-11(15)8-14/h4-5,7H,2-3,6,8H2,1H3. The highest BCUT2D eigenvalue weighted by Gasteiger charge is 2.17. The largest absolute Gasteiger partial charge is 0.364 e. The van der Waals surface area contributed by atoms with Crippen molar-refractivity contribution in [1.29, 1.82) is 0 Å². The van der Waals surface area contributed by atoms with E-state index in [4.69, 9.17) is 11.6 Å². The number of rotatable bonds is 1. The lowest BCUT2D eigenvalue weighted by Crippen LogP contribution is -2.35. The summed E-state index contributed by atoms with van der Waals surface area (Å²) in [5, 5.41) is 0.769. The zero-order valence-corrected chi connectivity index (χ0v) is 9.55. The molecule has 2 rings (SSSR count). The summed E-state index contributed by atoms with van der Waals surface area (Å²) in [4.78, 5) is 13.4. The average molecular weight is 224 g/mol. The van der Waals surface area contributed by atoms with Crippen molar-refractivity contribution >= 4 is 23.1 Å². The van der Waals surface area contributed by atoms with Crippen molar-refractivity contribution in [2.75, 3.05) is 18.0 Å². The predicted octanol–water partition coefficient (Wildman–Crippen LogP) is 2.82. The SMILES string of the molecule is Cc1ccc(N2CCCC(=O)C2)cc1Cl. The van der Waals surface area contributed by atoms with Gasteiger partial charge < -0.3 is 4.90 Å². The van der Waals surface area contributed by atoms with Gasteiger partial charge in [0.15, 0.2) is 5.78 Å². The predicted molar refractivity (Wildman–Crippen MR) is 62.6 cm³/mol. The van der Waals surface area contributed by atoms with E-state index < -0.39 is 0 Å². The number of benzene rings is 1. The number of aryl methyl sites for hydroxylation is 1. The molecular formula is C12H14ClNO. The number of Topliss-reactive ketones (excluding diaryl/α,β-unsaturated/α-hetero) is 1. The highest BCUT2D eigenvalue weighted by molar-refractivity contribution is 6.31. The molecule has 0 aliphatic carbocycles. The van der Waals surface area contributed by atoms with Gasteiger partial charge in [-0.1, -0.05) is 17.7 Å². The zero-order chi connectivity index (χ0) is 10.8. The van der Waals surface area contributed by atoms with Crippen molar-refractivity contribution in [3.63, 3.8) is 0 Å². The van der Waals surface area contributed by atoms with Gasteiger partial charge in [-0.15, -0.1) is 0 Å². The summed E-state index contributed by atoms with van der Waals surface area (Å²) in [6, 6.07) is 5.96. The van der Waals surface area contributed by atoms with E-state index in [-0.39, 0.29) is 0 Å². The topological polar surface area (TPSA) is 20.3 Å². The van der Waals surface area contributed by atoms with Crippen molar-refractivity contribution < 1.29 is 4.79 Å². The molecule has 1 aliphatic rings. The molecule has 0 amide bonds. The van der Waals surface area contributed by atoms with Gasteiger partial charge in [0.1, 0.15) is 0 Å². The van der Waals surface area contributed by atoms with Crippen LogP contribution in [0.3, 0.4) is 0 Å². The van der Waals surface area contributed by atoms with Crippen LogP contribution in [-0.2, 0) is 4.79 Å². The maximum absolute atomic E-state index is 11.3. The summed E-state index contributed by atoms with van der Waals surface area (Å²) in [5.74, 6) is 0.318. The van der Waals surface area contributed by atoms with Crippen LogP contribution < -0.4 is 4.90 Å². The number of hydrogen-bond donors (Lipinski definition) is 0. The second-order valence-electron chi connectivity index (χ2n) is 4.00. The molecule has 1 saturated heterocycles. The van der Waals surface area contributed by atoms with Crippen molar-refractivity contribution in [3.8, 4) is 0 Å². The maximum Gasteiger partial charge on any atom is 0.152 e. The second-order valence-corrected chi connectivity index (χ2v) is 4.40. The van der Waals surface area contributed by atoms with Crippen LogP contribution in [0.5, 0.6) is 0 Å². The first-order valence-corrected chi connectivity index (χ1v) is 5.57. The van der Waals surface area contributed by atoms with Gasteiger partial charge >= 0.3 is 0 Å². The van der Waals surface area contributed by atoms with Gasteiger partial charge in [-0.2, -0.15) is 0 Å². The Balaban J connectivity index is 2.21. The van der Waals surface area contributed by atoms with E-state index in [0.29, 0.717) is 12.3 Å². The van der Waals surface area contributed by atoms with Gasteiger partial charge in [-0.3, -0.25) is 4.79 Å². The fraction of sp³-hybridized carbons (Fsp3) is 0.417. The molecule has 80 valence electrons. The number of nitrogens with zero attached hydrogens (tertiary/aromatic N) is 1. The van der Waals surface area contributed by atoms with Crippen LogP contribution in [0.15, 0.2) is 18.2 Å². The maximum atomic E-state index is 11.3. The van der Waals surface area contributed by atoms with Crippen LogP contribution in [0.4, 0.5) is 5.69 Å².